The van der Waals surface area contributed by atoms with Gasteiger partial charge in [0.2, 0.25) is 0 Å². The van der Waals surface area contributed by atoms with Gasteiger partial charge in [-0.15, -0.1) is 0 Å². The molecule has 1 fully saturated rings. The van der Waals surface area contributed by atoms with E-state index in [-0.39, 0.29) is 0 Å². The predicted molar refractivity (Wildman–Crippen MR) is 64.6 cm³/mol. The molecule has 1 N–H and O–H groups in total. The SMILES string of the molecule is CC(C)(O)c1cc(F)c(F)cc1N1CCOCC1. The first kappa shape index (κ1) is 13.2. The van der Waals surface area contributed by atoms with Gasteiger partial charge >= 0.3 is 0 Å². The third-order valence-corrected chi connectivity index (χ3v) is 3.05. The van der Waals surface area contributed by atoms with Gasteiger partial charge in [-0.25, -0.2) is 8.78 Å². The first-order valence-electron chi connectivity index (χ1n) is 5.94. The van der Waals surface area contributed by atoms with Crippen LogP contribution in [0.1, 0.15) is 19.4 Å². The van der Waals surface area contributed by atoms with Crippen LogP contribution in [0.5, 0.6) is 0 Å². The molecule has 0 amide bonds. The highest BCUT2D eigenvalue weighted by molar-refractivity contribution is 5.56. The molecule has 1 aromatic rings. The van der Waals surface area contributed by atoms with E-state index in [2.05, 4.69) is 0 Å². The van der Waals surface area contributed by atoms with Crippen LogP contribution in [0.15, 0.2) is 12.1 Å². The van der Waals surface area contributed by atoms with E-state index in [1.165, 1.54) is 0 Å². The zero-order valence-corrected chi connectivity index (χ0v) is 10.5. The molecular weight excluding hydrogens is 240 g/mol. The molecular formula is C13H17F2NO2. The van der Waals surface area contributed by atoms with E-state index >= 15 is 0 Å². The summed E-state index contributed by atoms with van der Waals surface area (Å²) >= 11 is 0. The average Bonchev–Trinajstić information content (AvgIpc) is 2.32. The topological polar surface area (TPSA) is 32.7 Å². The zero-order chi connectivity index (χ0) is 13.3. The lowest BCUT2D eigenvalue weighted by molar-refractivity contribution is 0.0776. The summed E-state index contributed by atoms with van der Waals surface area (Å²) in [5.41, 5.74) is -0.296. The van der Waals surface area contributed by atoms with Gasteiger partial charge in [0.05, 0.1) is 18.8 Å². The Bertz CT molecular complexity index is 437. The van der Waals surface area contributed by atoms with Crippen molar-refractivity contribution < 1.29 is 18.6 Å². The predicted octanol–water partition coefficient (Wildman–Crippen LogP) is 2.03. The Labute approximate surface area is 105 Å². The molecule has 100 valence electrons. The van der Waals surface area contributed by atoms with Crippen molar-refractivity contribution in [2.75, 3.05) is 31.2 Å². The lowest BCUT2D eigenvalue weighted by atomic mass is 9.95. The zero-order valence-electron chi connectivity index (χ0n) is 10.5. The molecule has 0 bridgehead atoms. The normalized spacial score (nSPS) is 17.1. The van der Waals surface area contributed by atoms with Crippen LogP contribution in [-0.2, 0) is 10.3 Å². The first-order chi connectivity index (χ1) is 8.39. The maximum absolute atomic E-state index is 13.4. The fourth-order valence-corrected chi connectivity index (χ4v) is 2.09. The molecule has 1 heterocycles. The minimum absolute atomic E-state index is 0.392. The second-order valence-corrected chi connectivity index (χ2v) is 4.94. The van der Waals surface area contributed by atoms with Gasteiger partial charge in [0.1, 0.15) is 0 Å². The molecule has 0 atom stereocenters. The molecule has 0 aliphatic carbocycles. The molecule has 1 aliphatic heterocycles. The highest BCUT2D eigenvalue weighted by Gasteiger charge is 2.26. The average molecular weight is 257 g/mol. The first-order valence-corrected chi connectivity index (χ1v) is 5.94. The Hall–Kier alpha value is -1.20. The van der Waals surface area contributed by atoms with Gasteiger partial charge in [-0.3, -0.25) is 0 Å². The number of ether oxygens (including phenoxy) is 1. The van der Waals surface area contributed by atoms with Gasteiger partial charge in [0.15, 0.2) is 11.6 Å². The number of hydrogen-bond donors (Lipinski definition) is 1. The second kappa shape index (κ2) is 4.82. The molecule has 1 saturated heterocycles. The number of hydrogen-bond acceptors (Lipinski definition) is 3. The number of morpholine rings is 1. The maximum atomic E-state index is 13.4. The number of rotatable bonds is 2. The quantitative estimate of drug-likeness (QED) is 0.880. The lowest BCUT2D eigenvalue weighted by Crippen LogP contribution is -2.38. The van der Waals surface area contributed by atoms with Crippen LogP contribution in [0.25, 0.3) is 0 Å². The van der Waals surface area contributed by atoms with Crippen molar-refractivity contribution >= 4 is 5.69 Å². The van der Waals surface area contributed by atoms with E-state index in [0.29, 0.717) is 37.6 Å². The molecule has 3 nitrogen and oxygen atoms in total. The van der Waals surface area contributed by atoms with Crippen LogP contribution in [0, 0.1) is 11.6 Å². The van der Waals surface area contributed by atoms with E-state index in [0.717, 1.165) is 12.1 Å². The van der Waals surface area contributed by atoms with Crippen molar-refractivity contribution in [1.82, 2.24) is 0 Å². The minimum atomic E-state index is -1.22. The van der Waals surface area contributed by atoms with Gasteiger partial charge in [-0.2, -0.15) is 0 Å². The van der Waals surface area contributed by atoms with Gasteiger partial charge in [-0.05, 0) is 19.9 Å². The monoisotopic (exact) mass is 257 g/mol. The molecule has 2 rings (SSSR count). The van der Waals surface area contributed by atoms with Crippen molar-refractivity contribution in [3.05, 3.63) is 29.3 Å². The number of aliphatic hydroxyl groups is 1. The summed E-state index contributed by atoms with van der Waals surface area (Å²) in [6.07, 6.45) is 0. The molecule has 18 heavy (non-hydrogen) atoms. The molecule has 0 saturated carbocycles. The Morgan fingerprint density at radius 3 is 2.28 bits per heavy atom. The summed E-state index contributed by atoms with van der Waals surface area (Å²) in [5, 5.41) is 10.1. The van der Waals surface area contributed by atoms with Gasteiger partial charge in [0, 0.05) is 30.4 Å². The largest absolute Gasteiger partial charge is 0.386 e. The van der Waals surface area contributed by atoms with Crippen LogP contribution >= 0.6 is 0 Å². The molecule has 5 heteroatoms. The highest BCUT2D eigenvalue weighted by Crippen LogP contribution is 2.32. The fraction of sp³-hybridized carbons (Fsp3) is 0.538. The molecule has 1 aliphatic rings. The van der Waals surface area contributed by atoms with E-state index in [9.17, 15) is 13.9 Å². The summed E-state index contributed by atoms with van der Waals surface area (Å²) in [4.78, 5) is 1.90. The number of benzene rings is 1. The Morgan fingerprint density at radius 2 is 1.72 bits per heavy atom. The fourth-order valence-electron chi connectivity index (χ4n) is 2.09. The van der Waals surface area contributed by atoms with E-state index in [1.54, 1.807) is 13.8 Å². The van der Waals surface area contributed by atoms with Gasteiger partial charge in [-0.1, -0.05) is 0 Å². The standard InChI is InChI=1S/C13H17F2NO2/c1-13(2,17)9-7-10(14)11(15)8-12(9)16-3-5-18-6-4-16/h7-8,17H,3-6H2,1-2H3. The summed E-state index contributed by atoms with van der Waals surface area (Å²) in [7, 11) is 0. The van der Waals surface area contributed by atoms with Crippen LogP contribution in [0.4, 0.5) is 14.5 Å². The van der Waals surface area contributed by atoms with E-state index in [1.807, 2.05) is 4.90 Å². The maximum Gasteiger partial charge on any atom is 0.160 e. The van der Waals surface area contributed by atoms with Crippen molar-refractivity contribution in [1.29, 1.82) is 0 Å². The molecule has 0 unspecified atom stereocenters. The summed E-state index contributed by atoms with van der Waals surface area (Å²) in [6.45, 7) is 5.42. The number of anilines is 1. The molecule has 0 aromatic heterocycles. The molecule has 1 aromatic carbocycles. The molecule has 0 radical (unpaired) electrons. The summed E-state index contributed by atoms with van der Waals surface area (Å²) in [6, 6.07) is 2.22. The minimum Gasteiger partial charge on any atom is -0.386 e. The van der Waals surface area contributed by atoms with Crippen molar-refractivity contribution in [3.63, 3.8) is 0 Å². The Morgan fingerprint density at radius 1 is 1.17 bits per heavy atom. The third kappa shape index (κ3) is 2.62. The highest BCUT2D eigenvalue weighted by atomic mass is 19.2. The number of halogens is 2. The van der Waals surface area contributed by atoms with Crippen molar-refractivity contribution in [3.8, 4) is 0 Å². The third-order valence-electron chi connectivity index (χ3n) is 3.05. The second-order valence-electron chi connectivity index (χ2n) is 4.94. The lowest BCUT2D eigenvalue weighted by Gasteiger charge is -2.33. The van der Waals surface area contributed by atoms with Crippen molar-refractivity contribution in [2.45, 2.75) is 19.4 Å². The van der Waals surface area contributed by atoms with Crippen LogP contribution < -0.4 is 4.90 Å². The number of nitrogens with zero attached hydrogens (tertiary/aromatic N) is 1. The molecule has 0 spiro atoms. The Balaban J connectivity index is 2.46. The van der Waals surface area contributed by atoms with E-state index in [4.69, 9.17) is 4.74 Å². The summed E-state index contributed by atoms with van der Waals surface area (Å²) < 4.78 is 31.9. The van der Waals surface area contributed by atoms with Crippen molar-refractivity contribution in [2.24, 2.45) is 0 Å². The van der Waals surface area contributed by atoms with E-state index < -0.39 is 17.2 Å². The van der Waals surface area contributed by atoms with Crippen LogP contribution in [0.3, 0.4) is 0 Å². The smallest absolute Gasteiger partial charge is 0.160 e. The van der Waals surface area contributed by atoms with Crippen LogP contribution in [-0.4, -0.2) is 31.4 Å². The summed E-state index contributed by atoms with van der Waals surface area (Å²) in [5.74, 6) is -1.84. The van der Waals surface area contributed by atoms with Gasteiger partial charge in [0.25, 0.3) is 0 Å². The van der Waals surface area contributed by atoms with Crippen LogP contribution in [0.2, 0.25) is 0 Å². The van der Waals surface area contributed by atoms with Gasteiger partial charge < -0.3 is 14.7 Å². The Kier molecular flexibility index (Phi) is 3.54.